The quantitative estimate of drug-likeness (QED) is 0.432. The van der Waals surface area contributed by atoms with Crippen LogP contribution >= 0.6 is 23.4 Å². The van der Waals surface area contributed by atoms with Gasteiger partial charge in [-0.15, -0.1) is 10.2 Å². The third kappa shape index (κ3) is 4.64. The second-order valence-electron chi connectivity index (χ2n) is 5.66. The Morgan fingerprint density at radius 1 is 1.30 bits per heavy atom. The van der Waals surface area contributed by atoms with E-state index in [4.69, 9.17) is 25.5 Å². The monoisotopic (exact) mass is 407 g/mol. The Morgan fingerprint density at radius 3 is 2.74 bits per heavy atom. The Kier molecular flexibility index (Phi) is 6.08. The Hall–Kier alpha value is -2.45. The predicted octanol–water partition coefficient (Wildman–Crippen LogP) is 4.03. The van der Waals surface area contributed by atoms with E-state index in [2.05, 4.69) is 10.2 Å². The lowest BCUT2D eigenvalue weighted by Gasteiger charge is -2.06. The number of hydrogen-bond donors (Lipinski definition) is 0. The lowest BCUT2D eigenvalue weighted by atomic mass is 10.2. The minimum Gasteiger partial charge on any atom is -0.486 e. The van der Waals surface area contributed by atoms with Crippen LogP contribution in [0.2, 0.25) is 5.02 Å². The largest absolute Gasteiger partial charge is 0.486 e. The number of benzene rings is 1. The van der Waals surface area contributed by atoms with Crippen LogP contribution in [-0.4, -0.2) is 27.8 Å². The molecule has 0 unspecified atom stereocenters. The fourth-order valence-corrected chi connectivity index (χ4v) is 3.28. The molecule has 0 atom stereocenters. The van der Waals surface area contributed by atoms with E-state index in [-0.39, 0.29) is 6.61 Å². The normalized spacial score (nSPS) is 10.8. The molecule has 0 bridgehead atoms. The van der Waals surface area contributed by atoms with Gasteiger partial charge in [-0.25, -0.2) is 4.79 Å². The number of ether oxygens (including phenoxy) is 2. The summed E-state index contributed by atoms with van der Waals surface area (Å²) in [5.74, 6) is 2.71. The molecule has 0 aliphatic rings. The summed E-state index contributed by atoms with van der Waals surface area (Å²) in [6, 6.07) is 8.82. The molecule has 2 aromatic heterocycles. The standard InChI is InChI=1S/C18H18ClN3O4S/c1-11-15(17(23)24-3)8-14(26-11)10-27-18-21-20-16(22(18)2)9-25-13-6-4-12(19)5-7-13/h4-8H,9-10H2,1-3H3. The van der Waals surface area contributed by atoms with Gasteiger partial charge in [0.1, 0.15) is 29.4 Å². The Labute approximate surface area is 165 Å². The fourth-order valence-electron chi connectivity index (χ4n) is 2.34. The van der Waals surface area contributed by atoms with Crippen molar-refractivity contribution >= 4 is 29.3 Å². The zero-order valence-corrected chi connectivity index (χ0v) is 16.6. The number of nitrogens with zero attached hydrogens (tertiary/aromatic N) is 3. The molecule has 0 aliphatic heterocycles. The summed E-state index contributed by atoms with van der Waals surface area (Å²) in [4.78, 5) is 11.7. The molecule has 0 saturated heterocycles. The number of rotatable bonds is 7. The van der Waals surface area contributed by atoms with Crippen LogP contribution in [0, 0.1) is 6.92 Å². The molecule has 0 aliphatic carbocycles. The minimum atomic E-state index is -0.409. The number of carbonyl (C=O) groups is 1. The van der Waals surface area contributed by atoms with Gasteiger partial charge in [-0.2, -0.15) is 0 Å². The second-order valence-corrected chi connectivity index (χ2v) is 7.04. The average molecular weight is 408 g/mol. The molecular formula is C18H18ClN3O4S. The highest BCUT2D eigenvalue weighted by molar-refractivity contribution is 7.98. The van der Waals surface area contributed by atoms with Gasteiger partial charge in [0.05, 0.1) is 12.9 Å². The second kappa shape index (κ2) is 8.49. The topological polar surface area (TPSA) is 79.4 Å². The molecule has 0 fully saturated rings. The third-order valence-corrected chi connectivity index (χ3v) is 5.12. The summed E-state index contributed by atoms with van der Waals surface area (Å²) >= 11 is 7.32. The maximum Gasteiger partial charge on any atom is 0.341 e. The third-order valence-electron chi connectivity index (χ3n) is 3.82. The van der Waals surface area contributed by atoms with Crippen molar-refractivity contribution in [3.05, 3.63) is 58.3 Å². The molecule has 3 aromatic rings. The Morgan fingerprint density at radius 2 is 2.04 bits per heavy atom. The van der Waals surface area contributed by atoms with Gasteiger partial charge in [-0.3, -0.25) is 0 Å². The van der Waals surface area contributed by atoms with E-state index in [9.17, 15) is 4.79 Å². The van der Waals surface area contributed by atoms with E-state index >= 15 is 0 Å². The fraction of sp³-hybridized carbons (Fsp3) is 0.278. The van der Waals surface area contributed by atoms with Crippen LogP contribution < -0.4 is 4.74 Å². The van der Waals surface area contributed by atoms with Gasteiger partial charge in [-0.05, 0) is 37.3 Å². The highest BCUT2D eigenvalue weighted by Crippen LogP contribution is 2.25. The van der Waals surface area contributed by atoms with Crippen LogP contribution in [0.1, 0.15) is 27.7 Å². The van der Waals surface area contributed by atoms with Crippen molar-refractivity contribution in [1.29, 1.82) is 0 Å². The Bertz CT molecular complexity index is 937. The molecule has 1 aromatic carbocycles. The van der Waals surface area contributed by atoms with Crippen molar-refractivity contribution in [2.24, 2.45) is 7.05 Å². The molecule has 3 rings (SSSR count). The first-order valence-electron chi connectivity index (χ1n) is 8.05. The lowest BCUT2D eigenvalue weighted by Crippen LogP contribution is -2.04. The number of esters is 1. The van der Waals surface area contributed by atoms with E-state index in [1.807, 2.05) is 11.6 Å². The van der Waals surface area contributed by atoms with Crippen LogP contribution in [0.15, 0.2) is 39.9 Å². The van der Waals surface area contributed by atoms with E-state index < -0.39 is 5.97 Å². The van der Waals surface area contributed by atoms with Crippen molar-refractivity contribution in [1.82, 2.24) is 14.8 Å². The number of aryl methyl sites for hydroxylation is 1. The number of aromatic nitrogens is 3. The average Bonchev–Trinajstić information content (AvgIpc) is 3.21. The predicted molar refractivity (Wildman–Crippen MR) is 101 cm³/mol. The number of hydrogen-bond acceptors (Lipinski definition) is 7. The molecule has 9 heteroatoms. The van der Waals surface area contributed by atoms with E-state index in [0.717, 1.165) is 5.16 Å². The van der Waals surface area contributed by atoms with Gasteiger partial charge in [0.2, 0.25) is 0 Å². The van der Waals surface area contributed by atoms with Crippen LogP contribution in [0.25, 0.3) is 0 Å². The number of halogens is 1. The van der Waals surface area contributed by atoms with Crippen molar-refractivity contribution in [3.8, 4) is 5.75 Å². The van der Waals surface area contributed by atoms with Crippen molar-refractivity contribution in [2.45, 2.75) is 24.4 Å². The summed E-state index contributed by atoms with van der Waals surface area (Å²) in [6.07, 6.45) is 0. The molecule has 0 radical (unpaired) electrons. The summed E-state index contributed by atoms with van der Waals surface area (Å²) in [7, 11) is 3.21. The molecule has 2 heterocycles. The number of furan rings is 1. The highest BCUT2D eigenvalue weighted by Gasteiger charge is 2.17. The zero-order valence-electron chi connectivity index (χ0n) is 15.1. The van der Waals surface area contributed by atoms with Crippen LogP contribution in [0.5, 0.6) is 5.75 Å². The van der Waals surface area contributed by atoms with Gasteiger partial charge in [0.25, 0.3) is 0 Å². The van der Waals surface area contributed by atoms with Gasteiger partial charge in [-0.1, -0.05) is 23.4 Å². The maximum atomic E-state index is 11.7. The number of thioether (sulfide) groups is 1. The van der Waals surface area contributed by atoms with Crippen LogP contribution in [0.3, 0.4) is 0 Å². The van der Waals surface area contributed by atoms with E-state index in [0.29, 0.717) is 39.4 Å². The minimum absolute atomic E-state index is 0.290. The molecule has 7 nitrogen and oxygen atoms in total. The van der Waals surface area contributed by atoms with Crippen LogP contribution in [-0.2, 0) is 24.1 Å². The summed E-state index contributed by atoms with van der Waals surface area (Å²) in [6.45, 7) is 2.02. The van der Waals surface area contributed by atoms with Gasteiger partial charge >= 0.3 is 5.97 Å². The molecule has 0 N–H and O–H groups in total. The van der Waals surface area contributed by atoms with Crippen LogP contribution in [0.4, 0.5) is 0 Å². The van der Waals surface area contributed by atoms with E-state index in [1.54, 1.807) is 37.3 Å². The number of methoxy groups -OCH3 is 1. The molecule has 27 heavy (non-hydrogen) atoms. The summed E-state index contributed by atoms with van der Waals surface area (Å²) in [5, 5.41) is 9.72. The first-order valence-corrected chi connectivity index (χ1v) is 9.41. The molecule has 142 valence electrons. The van der Waals surface area contributed by atoms with Gasteiger partial charge in [0, 0.05) is 12.1 Å². The zero-order chi connectivity index (χ0) is 19.4. The lowest BCUT2D eigenvalue weighted by molar-refractivity contribution is 0.0599. The maximum absolute atomic E-state index is 11.7. The Balaban J connectivity index is 1.60. The van der Waals surface area contributed by atoms with Gasteiger partial charge in [0.15, 0.2) is 11.0 Å². The number of carbonyl (C=O) groups excluding carboxylic acids is 1. The molecule has 0 amide bonds. The SMILES string of the molecule is COC(=O)c1cc(CSc2nnc(COc3ccc(Cl)cc3)n2C)oc1C. The van der Waals surface area contributed by atoms with Crippen molar-refractivity contribution < 1.29 is 18.7 Å². The van der Waals surface area contributed by atoms with E-state index in [1.165, 1.54) is 18.9 Å². The molecular weight excluding hydrogens is 390 g/mol. The summed E-state index contributed by atoms with van der Waals surface area (Å²) in [5.41, 5.74) is 0.433. The first kappa shape index (κ1) is 19.3. The summed E-state index contributed by atoms with van der Waals surface area (Å²) < 4.78 is 17.9. The van der Waals surface area contributed by atoms with Gasteiger partial charge < -0.3 is 18.5 Å². The smallest absolute Gasteiger partial charge is 0.341 e. The van der Waals surface area contributed by atoms with Crippen molar-refractivity contribution in [3.63, 3.8) is 0 Å². The first-order chi connectivity index (χ1) is 13.0. The molecule has 0 spiro atoms. The van der Waals surface area contributed by atoms with Crippen molar-refractivity contribution in [2.75, 3.05) is 7.11 Å². The highest BCUT2D eigenvalue weighted by atomic mass is 35.5. The molecule has 0 saturated carbocycles.